The maximum Gasteiger partial charge on any atom is 0.407 e. The Hall–Kier alpha value is -1.90. The van der Waals surface area contributed by atoms with Crippen LogP contribution in [-0.2, 0) is 9.53 Å². The van der Waals surface area contributed by atoms with E-state index in [0.717, 1.165) is 70.8 Å². The standard InChI is InChI=1S/C29H51N5O3S/c1-4-18-37-28(36)33-24(29(3,5-2)22-10-7-6-8-11-22)27(38)34-17-9-12-23(34)26(35)32-19-20-13-15-21(16-14-20)25(30)31/h20-24H,4-19H2,1-3H3,(H3,30,31)(H,32,35)(H,33,36)/t20?,21?,23-,24?,29?/m0/s1. The normalized spacial score (nSPS) is 26.7. The van der Waals surface area contributed by atoms with Gasteiger partial charge in [-0.3, -0.25) is 10.2 Å². The molecule has 9 heteroatoms. The summed E-state index contributed by atoms with van der Waals surface area (Å²) in [7, 11) is 0. The fraction of sp³-hybridized carbons (Fsp3) is 0.862. The van der Waals surface area contributed by atoms with Crippen molar-refractivity contribution >= 4 is 35.0 Å². The Morgan fingerprint density at radius 2 is 1.76 bits per heavy atom. The molecule has 1 saturated heterocycles. The first kappa shape index (κ1) is 30.6. The van der Waals surface area contributed by atoms with Crippen LogP contribution in [0, 0.1) is 28.6 Å². The average Bonchev–Trinajstić information content (AvgIpc) is 3.43. The van der Waals surface area contributed by atoms with Crippen molar-refractivity contribution in [3.63, 3.8) is 0 Å². The number of rotatable bonds is 11. The molecule has 2 unspecified atom stereocenters. The van der Waals surface area contributed by atoms with Crippen LogP contribution in [0.4, 0.5) is 4.79 Å². The molecule has 1 aliphatic heterocycles. The molecule has 3 fully saturated rings. The third-order valence-corrected chi connectivity index (χ3v) is 10.1. The molecule has 3 aliphatic rings. The molecule has 0 radical (unpaired) electrons. The van der Waals surface area contributed by atoms with Gasteiger partial charge in [-0.1, -0.05) is 52.3 Å². The molecule has 38 heavy (non-hydrogen) atoms. The zero-order valence-electron chi connectivity index (χ0n) is 23.9. The highest BCUT2D eigenvalue weighted by atomic mass is 32.1. The average molecular weight is 550 g/mol. The van der Waals surface area contributed by atoms with E-state index in [-0.39, 0.29) is 35.2 Å². The SMILES string of the molecule is CCCOC(=O)NC(C(=S)N1CCC[C@H]1C(=O)NCC1CCC(C(=N)N)CC1)C(C)(CC)C1CCCCC1. The molecule has 2 saturated carbocycles. The van der Waals surface area contributed by atoms with E-state index in [1.54, 1.807) is 0 Å². The van der Waals surface area contributed by atoms with Gasteiger partial charge in [-0.2, -0.15) is 0 Å². The summed E-state index contributed by atoms with van der Waals surface area (Å²) in [5, 5.41) is 14.1. The van der Waals surface area contributed by atoms with Crippen LogP contribution in [-0.4, -0.2) is 59.5 Å². The molecule has 2 amide bonds. The molecule has 216 valence electrons. The Morgan fingerprint density at radius 3 is 2.37 bits per heavy atom. The molecule has 1 heterocycles. The van der Waals surface area contributed by atoms with Gasteiger partial charge < -0.3 is 26.0 Å². The van der Waals surface area contributed by atoms with Crippen LogP contribution in [0.2, 0.25) is 0 Å². The molecular weight excluding hydrogens is 498 g/mol. The van der Waals surface area contributed by atoms with Gasteiger partial charge in [0.2, 0.25) is 5.91 Å². The van der Waals surface area contributed by atoms with Crippen LogP contribution in [0.15, 0.2) is 0 Å². The van der Waals surface area contributed by atoms with Crippen molar-refractivity contribution in [3.8, 4) is 0 Å². The highest BCUT2D eigenvalue weighted by molar-refractivity contribution is 7.80. The van der Waals surface area contributed by atoms with E-state index in [1.165, 1.54) is 19.3 Å². The lowest BCUT2D eigenvalue weighted by atomic mass is 9.64. The fourth-order valence-corrected chi connectivity index (χ4v) is 7.41. The van der Waals surface area contributed by atoms with E-state index in [4.69, 9.17) is 28.1 Å². The summed E-state index contributed by atoms with van der Waals surface area (Å²) in [6.45, 7) is 8.20. The summed E-state index contributed by atoms with van der Waals surface area (Å²) in [4.78, 5) is 29.0. The molecule has 8 nitrogen and oxygen atoms in total. The maximum absolute atomic E-state index is 13.4. The first-order chi connectivity index (χ1) is 18.2. The minimum atomic E-state index is -0.420. The van der Waals surface area contributed by atoms with E-state index < -0.39 is 6.09 Å². The predicted octanol–water partition coefficient (Wildman–Crippen LogP) is 5.14. The molecular formula is C29H51N5O3S. The number of carbonyl (C=O) groups excluding carboxylic acids is 2. The monoisotopic (exact) mass is 549 g/mol. The Labute approximate surface area is 235 Å². The fourth-order valence-electron chi connectivity index (χ4n) is 6.86. The van der Waals surface area contributed by atoms with Gasteiger partial charge in [-0.15, -0.1) is 0 Å². The number of nitrogens with two attached hydrogens (primary N) is 1. The number of hydrogen-bond donors (Lipinski definition) is 4. The number of nitrogens with zero attached hydrogens (tertiary/aromatic N) is 1. The molecule has 3 rings (SSSR count). The molecule has 3 atom stereocenters. The first-order valence-corrected chi connectivity index (χ1v) is 15.5. The lowest BCUT2D eigenvalue weighted by Crippen LogP contribution is -2.60. The Bertz CT molecular complexity index is 825. The van der Waals surface area contributed by atoms with Gasteiger partial charge >= 0.3 is 6.09 Å². The van der Waals surface area contributed by atoms with Crippen molar-refractivity contribution in [3.05, 3.63) is 0 Å². The minimum Gasteiger partial charge on any atom is -0.450 e. The van der Waals surface area contributed by atoms with Crippen molar-refractivity contribution in [2.45, 2.75) is 116 Å². The highest BCUT2D eigenvalue weighted by Gasteiger charge is 2.46. The van der Waals surface area contributed by atoms with Gasteiger partial charge in [0, 0.05) is 19.0 Å². The van der Waals surface area contributed by atoms with Gasteiger partial charge in [-0.05, 0) is 81.5 Å². The van der Waals surface area contributed by atoms with Crippen LogP contribution in [0.1, 0.15) is 104 Å². The number of thiocarbonyl (C=S) groups is 1. The lowest BCUT2D eigenvalue weighted by molar-refractivity contribution is -0.124. The number of hydrogen-bond acceptors (Lipinski definition) is 5. The number of likely N-dealkylation sites (tertiary alicyclic amines) is 1. The smallest absolute Gasteiger partial charge is 0.407 e. The maximum atomic E-state index is 13.4. The molecule has 0 aromatic heterocycles. The molecule has 2 aliphatic carbocycles. The largest absolute Gasteiger partial charge is 0.450 e. The second-order valence-corrected chi connectivity index (χ2v) is 12.4. The van der Waals surface area contributed by atoms with Crippen LogP contribution >= 0.6 is 12.2 Å². The van der Waals surface area contributed by atoms with E-state index in [2.05, 4.69) is 29.4 Å². The Morgan fingerprint density at radius 1 is 1.08 bits per heavy atom. The number of carbonyl (C=O) groups is 2. The van der Waals surface area contributed by atoms with Gasteiger partial charge in [0.1, 0.15) is 11.0 Å². The first-order valence-electron chi connectivity index (χ1n) is 15.1. The van der Waals surface area contributed by atoms with Crippen LogP contribution < -0.4 is 16.4 Å². The molecule has 0 aromatic carbocycles. The third kappa shape index (κ3) is 7.60. The third-order valence-electron chi connectivity index (χ3n) is 9.60. The molecule has 0 bridgehead atoms. The summed E-state index contributed by atoms with van der Waals surface area (Å²) in [5.41, 5.74) is 5.48. The summed E-state index contributed by atoms with van der Waals surface area (Å²) < 4.78 is 5.44. The van der Waals surface area contributed by atoms with Crippen molar-refractivity contribution < 1.29 is 14.3 Å². The van der Waals surface area contributed by atoms with Gasteiger partial charge in [0.25, 0.3) is 0 Å². The Kier molecular flexibility index (Phi) is 11.7. The summed E-state index contributed by atoms with van der Waals surface area (Å²) >= 11 is 6.14. The Balaban J connectivity index is 1.70. The second-order valence-electron chi connectivity index (χ2n) is 12.0. The lowest BCUT2D eigenvalue weighted by Gasteiger charge is -2.47. The zero-order chi connectivity index (χ0) is 27.7. The molecule has 5 N–H and O–H groups in total. The van der Waals surface area contributed by atoms with Crippen molar-refractivity contribution in [1.82, 2.24) is 15.5 Å². The van der Waals surface area contributed by atoms with Gasteiger partial charge in [0.15, 0.2) is 0 Å². The number of ether oxygens (including phenoxy) is 1. The zero-order valence-corrected chi connectivity index (χ0v) is 24.7. The van der Waals surface area contributed by atoms with Crippen LogP contribution in [0.3, 0.4) is 0 Å². The second kappa shape index (κ2) is 14.5. The quantitative estimate of drug-likeness (QED) is 0.161. The number of nitrogens with one attached hydrogen (secondary N) is 3. The topological polar surface area (TPSA) is 121 Å². The number of alkyl carbamates (subject to hydrolysis) is 1. The molecule has 0 spiro atoms. The van der Waals surface area contributed by atoms with Crippen molar-refractivity contribution in [2.24, 2.45) is 28.9 Å². The van der Waals surface area contributed by atoms with Gasteiger partial charge in [-0.25, -0.2) is 4.79 Å². The van der Waals surface area contributed by atoms with Crippen molar-refractivity contribution in [1.29, 1.82) is 5.41 Å². The van der Waals surface area contributed by atoms with E-state index >= 15 is 0 Å². The van der Waals surface area contributed by atoms with Gasteiger partial charge in [0.05, 0.1) is 18.5 Å². The number of amidine groups is 1. The summed E-state index contributed by atoms with van der Waals surface area (Å²) in [6, 6.07) is -0.662. The minimum absolute atomic E-state index is 0.0294. The van der Waals surface area contributed by atoms with E-state index in [0.29, 0.717) is 30.0 Å². The summed E-state index contributed by atoms with van der Waals surface area (Å²) in [5.74, 6) is 1.40. The highest BCUT2D eigenvalue weighted by Crippen LogP contribution is 2.44. The number of amides is 2. The molecule has 0 aromatic rings. The predicted molar refractivity (Wildman–Crippen MR) is 156 cm³/mol. The van der Waals surface area contributed by atoms with E-state index in [1.807, 2.05) is 6.92 Å². The van der Waals surface area contributed by atoms with Crippen molar-refractivity contribution in [2.75, 3.05) is 19.7 Å². The summed E-state index contributed by atoms with van der Waals surface area (Å²) in [6.07, 6.45) is 12.7. The van der Waals surface area contributed by atoms with E-state index in [9.17, 15) is 9.59 Å². The van der Waals surface area contributed by atoms with Crippen LogP contribution in [0.25, 0.3) is 0 Å². The van der Waals surface area contributed by atoms with Crippen LogP contribution in [0.5, 0.6) is 0 Å².